The van der Waals surface area contributed by atoms with Crippen LogP contribution in [0.25, 0.3) is 0 Å². The second-order valence-electron chi connectivity index (χ2n) is 6.61. The number of carbonyl (C=O) groups excluding carboxylic acids is 1. The Kier molecular flexibility index (Phi) is 6.54. The van der Waals surface area contributed by atoms with E-state index in [0.717, 1.165) is 35.8 Å². The van der Waals surface area contributed by atoms with E-state index in [9.17, 15) is 4.79 Å². The fourth-order valence-electron chi connectivity index (χ4n) is 2.97. The zero-order valence-electron chi connectivity index (χ0n) is 14.7. The molecular weight excluding hydrogens is 330 g/mol. The maximum atomic E-state index is 12.4. The highest BCUT2D eigenvalue weighted by Gasteiger charge is 2.18. The van der Waals surface area contributed by atoms with Gasteiger partial charge in [0.15, 0.2) is 0 Å². The lowest BCUT2D eigenvalue weighted by molar-refractivity contribution is -0.118. The summed E-state index contributed by atoms with van der Waals surface area (Å²) in [6, 6.07) is 16.6. The molecule has 1 aliphatic heterocycles. The molecule has 1 unspecified atom stereocenters. The molecule has 0 bridgehead atoms. The number of carbonyl (C=O) groups is 1. The molecule has 3 nitrogen and oxygen atoms in total. The predicted octanol–water partition coefficient (Wildman–Crippen LogP) is 5.04. The molecule has 1 N–H and O–H groups in total. The number of hydrogen-bond donors (Lipinski definition) is 1. The Morgan fingerprint density at radius 1 is 1.20 bits per heavy atom. The molecule has 1 fully saturated rings. The summed E-state index contributed by atoms with van der Waals surface area (Å²) in [5.74, 6) is 1.32. The first-order valence-corrected chi connectivity index (χ1v) is 9.84. The maximum Gasteiger partial charge on any atom is 0.224 e. The van der Waals surface area contributed by atoms with Crippen molar-refractivity contribution >= 4 is 23.4 Å². The van der Waals surface area contributed by atoms with Gasteiger partial charge in [-0.15, -0.1) is 11.8 Å². The molecule has 0 saturated carbocycles. The van der Waals surface area contributed by atoms with E-state index in [1.165, 1.54) is 11.1 Å². The first kappa shape index (κ1) is 18.0. The van der Waals surface area contributed by atoms with Crippen LogP contribution in [-0.2, 0) is 15.3 Å². The molecule has 25 heavy (non-hydrogen) atoms. The number of amides is 1. The van der Waals surface area contributed by atoms with Crippen LogP contribution in [0.2, 0.25) is 0 Å². The van der Waals surface area contributed by atoms with E-state index in [1.807, 2.05) is 18.2 Å². The monoisotopic (exact) mass is 355 g/mol. The fourth-order valence-corrected chi connectivity index (χ4v) is 3.94. The summed E-state index contributed by atoms with van der Waals surface area (Å²) < 4.78 is 5.47. The second kappa shape index (κ2) is 9.07. The summed E-state index contributed by atoms with van der Waals surface area (Å²) in [6.07, 6.45) is 2.68. The van der Waals surface area contributed by atoms with Crippen LogP contribution in [0, 0.1) is 12.8 Å². The number of thioether (sulfide) groups is 1. The van der Waals surface area contributed by atoms with E-state index in [2.05, 4.69) is 42.6 Å². The van der Waals surface area contributed by atoms with Gasteiger partial charge in [-0.3, -0.25) is 4.79 Å². The van der Waals surface area contributed by atoms with Crippen molar-refractivity contribution in [1.82, 2.24) is 0 Å². The minimum atomic E-state index is 0.0823. The Labute approximate surface area is 154 Å². The van der Waals surface area contributed by atoms with Crippen LogP contribution in [0.1, 0.15) is 30.4 Å². The summed E-state index contributed by atoms with van der Waals surface area (Å²) >= 11 is 1.75. The number of para-hydroxylation sites is 1. The Balaban J connectivity index is 1.58. The van der Waals surface area contributed by atoms with Crippen LogP contribution in [0.15, 0.2) is 53.4 Å². The van der Waals surface area contributed by atoms with Gasteiger partial charge >= 0.3 is 0 Å². The molecule has 1 heterocycles. The highest BCUT2D eigenvalue weighted by Crippen LogP contribution is 2.30. The van der Waals surface area contributed by atoms with E-state index in [-0.39, 0.29) is 5.91 Å². The number of ether oxygens (including phenoxy) is 1. The number of anilines is 1. The third-order valence-corrected chi connectivity index (χ3v) is 5.55. The standard InChI is InChI=1S/C21H25NO2S/c1-16-8-10-17(11-9-16)15-25-20-7-3-2-6-19(20)22-21(23)13-18-5-4-12-24-14-18/h2-3,6-11,18H,4-5,12-15H2,1H3,(H,22,23). The number of benzene rings is 2. The number of rotatable bonds is 6. The van der Waals surface area contributed by atoms with E-state index in [0.29, 0.717) is 18.9 Å². The molecule has 132 valence electrons. The summed E-state index contributed by atoms with van der Waals surface area (Å²) in [7, 11) is 0. The third kappa shape index (κ3) is 5.62. The van der Waals surface area contributed by atoms with Crippen molar-refractivity contribution in [2.45, 2.75) is 36.8 Å². The average molecular weight is 356 g/mol. The molecule has 1 amide bonds. The van der Waals surface area contributed by atoms with Gasteiger partial charge in [-0.2, -0.15) is 0 Å². The van der Waals surface area contributed by atoms with Crippen LogP contribution in [0.3, 0.4) is 0 Å². The Morgan fingerprint density at radius 2 is 2.00 bits per heavy atom. The van der Waals surface area contributed by atoms with Gasteiger partial charge in [-0.1, -0.05) is 42.0 Å². The van der Waals surface area contributed by atoms with Crippen LogP contribution in [-0.4, -0.2) is 19.1 Å². The SMILES string of the molecule is Cc1ccc(CSc2ccccc2NC(=O)CC2CCCOC2)cc1. The summed E-state index contributed by atoms with van der Waals surface area (Å²) in [6.45, 7) is 3.63. The Bertz CT molecular complexity index is 693. The van der Waals surface area contributed by atoms with Gasteiger partial charge in [0.05, 0.1) is 5.69 Å². The molecule has 2 aromatic carbocycles. The molecule has 1 saturated heterocycles. The average Bonchev–Trinajstić information content (AvgIpc) is 2.63. The van der Waals surface area contributed by atoms with Crippen molar-refractivity contribution in [3.63, 3.8) is 0 Å². The number of nitrogens with one attached hydrogen (secondary N) is 1. The quantitative estimate of drug-likeness (QED) is 0.738. The largest absolute Gasteiger partial charge is 0.381 e. The minimum Gasteiger partial charge on any atom is -0.381 e. The summed E-state index contributed by atoms with van der Waals surface area (Å²) in [5, 5.41) is 3.09. The number of aryl methyl sites for hydroxylation is 1. The highest BCUT2D eigenvalue weighted by atomic mass is 32.2. The Morgan fingerprint density at radius 3 is 2.76 bits per heavy atom. The van der Waals surface area contributed by atoms with Crippen LogP contribution >= 0.6 is 11.8 Å². The first-order valence-electron chi connectivity index (χ1n) is 8.85. The van der Waals surface area contributed by atoms with E-state index < -0.39 is 0 Å². The molecule has 0 radical (unpaired) electrons. The van der Waals surface area contributed by atoms with Crippen LogP contribution in [0.5, 0.6) is 0 Å². The third-order valence-electron chi connectivity index (χ3n) is 4.40. The van der Waals surface area contributed by atoms with Crippen molar-refractivity contribution in [1.29, 1.82) is 0 Å². The molecule has 1 atom stereocenters. The summed E-state index contributed by atoms with van der Waals surface area (Å²) in [5.41, 5.74) is 3.46. The van der Waals surface area contributed by atoms with Crippen LogP contribution in [0.4, 0.5) is 5.69 Å². The van der Waals surface area contributed by atoms with E-state index in [1.54, 1.807) is 11.8 Å². The van der Waals surface area contributed by atoms with Gasteiger partial charge in [0, 0.05) is 30.3 Å². The molecule has 4 heteroatoms. The van der Waals surface area contributed by atoms with Gasteiger partial charge in [0.2, 0.25) is 5.91 Å². The lowest BCUT2D eigenvalue weighted by Gasteiger charge is -2.21. The van der Waals surface area contributed by atoms with Gasteiger partial charge in [0.1, 0.15) is 0 Å². The molecular formula is C21H25NO2S. The van der Waals surface area contributed by atoms with Crippen molar-refractivity contribution in [3.05, 3.63) is 59.7 Å². The fraction of sp³-hybridized carbons (Fsp3) is 0.381. The maximum absolute atomic E-state index is 12.4. The molecule has 0 aromatic heterocycles. The summed E-state index contributed by atoms with van der Waals surface area (Å²) in [4.78, 5) is 13.5. The van der Waals surface area contributed by atoms with Gasteiger partial charge in [-0.05, 0) is 43.4 Å². The second-order valence-corrected chi connectivity index (χ2v) is 7.62. The van der Waals surface area contributed by atoms with E-state index >= 15 is 0 Å². The minimum absolute atomic E-state index is 0.0823. The first-order chi connectivity index (χ1) is 12.2. The topological polar surface area (TPSA) is 38.3 Å². The van der Waals surface area contributed by atoms with Gasteiger partial charge < -0.3 is 10.1 Å². The molecule has 2 aromatic rings. The molecule has 0 aliphatic carbocycles. The molecule has 3 rings (SSSR count). The van der Waals surface area contributed by atoms with Crippen molar-refractivity contribution < 1.29 is 9.53 Å². The van der Waals surface area contributed by atoms with Gasteiger partial charge in [0.25, 0.3) is 0 Å². The molecule has 1 aliphatic rings. The zero-order chi connectivity index (χ0) is 17.5. The lowest BCUT2D eigenvalue weighted by Crippen LogP contribution is -2.23. The lowest BCUT2D eigenvalue weighted by atomic mass is 9.98. The zero-order valence-corrected chi connectivity index (χ0v) is 15.5. The Hall–Kier alpha value is -1.78. The highest BCUT2D eigenvalue weighted by molar-refractivity contribution is 7.98. The number of hydrogen-bond acceptors (Lipinski definition) is 3. The smallest absolute Gasteiger partial charge is 0.224 e. The van der Waals surface area contributed by atoms with E-state index in [4.69, 9.17) is 4.74 Å². The normalized spacial score (nSPS) is 17.2. The predicted molar refractivity (Wildman–Crippen MR) is 104 cm³/mol. The molecule has 0 spiro atoms. The van der Waals surface area contributed by atoms with Crippen molar-refractivity contribution in [3.8, 4) is 0 Å². The van der Waals surface area contributed by atoms with Crippen LogP contribution < -0.4 is 5.32 Å². The van der Waals surface area contributed by atoms with Crippen molar-refractivity contribution in [2.75, 3.05) is 18.5 Å². The van der Waals surface area contributed by atoms with Gasteiger partial charge in [-0.25, -0.2) is 0 Å². The van der Waals surface area contributed by atoms with Crippen molar-refractivity contribution in [2.24, 2.45) is 5.92 Å².